The zero-order valence-electron chi connectivity index (χ0n) is 12.1. The van der Waals surface area contributed by atoms with E-state index in [2.05, 4.69) is 4.98 Å². The van der Waals surface area contributed by atoms with Crippen LogP contribution >= 0.6 is 11.6 Å². The molecule has 0 spiro atoms. The second-order valence-corrected chi connectivity index (χ2v) is 5.85. The highest BCUT2D eigenvalue weighted by molar-refractivity contribution is 6.30. The van der Waals surface area contributed by atoms with Crippen LogP contribution in [-0.2, 0) is 11.3 Å². The number of aromatic nitrogens is 1. The predicted molar refractivity (Wildman–Crippen MR) is 85.8 cm³/mol. The molecular weight excluding hydrogens is 318 g/mol. The van der Waals surface area contributed by atoms with Crippen molar-refractivity contribution in [2.45, 2.75) is 19.0 Å². The number of pyridine rings is 1. The highest BCUT2D eigenvalue weighted by Crippen LogP contribution is 2.36. The van der Waals surface area contributed by atoms with Gasteiger partial charge in [0, 0.05) is 28.3 Å². The summed E-state index contributed by atoms with van der Waals surface area (Å²) in [6, 6.07) is 11.5. The van der Waals surface area contributed by atoms with E-state index in [0.29, 0.717) is 16.4 Å². The second-order valence-electron chi connectivity index (χ2n) is 5.42. The molecule has 7 heteroatoms. The lowest BCUT2D eigenvalue weighted by molar-refractivity contribution is -0.497. The molecule has 3 rings (SSSR count). The Labute approximate surface area is 137 Å². The summed E-state index contributed by atoms with van der Waals surface area (Å²) >= 11 is 5.89. The average molecular weight is 332 g/mol. The highest BCUT2D eigenvalue weighted by Gasteiger charge is 2.54. The monoisotopic (exact) mass is 331 g/mol. The van der Waals surface area contributed by atoms with Crippen LogP contribution in [0, 0.1) is 16.0 Å². The van der Waals surface area contributed by atoms with Crippen LogP contribution in [0.3, 0.4) is 0 Å². The zero-order chi connectivity index (χ0) is 16.4. The number of anilines is 1. The van der Waals surface area contributed by atoms with E-state index in [9.17, 15) is 14.9 Å². The van der Waals surface area contributed by atoms with E-state index in [1.807, 2.05) is 12.1 Å². The summed E-state index contributed by atoms with van der Waals surface area (Å²) in [6.45, 7) is 0.266. The first-order valence-electron chi connectivity index (χ1n) is 7.16. The molecule has 0 N–H and O–H groups in total. The number of halogens is 1. The molecule has 2 atom stereocenters. The van der Waals surface area contributed by atoms with Gasteiger partial charge in [0.05, 0.1) is 12.2 Å². The van der Waals surface area contributed by atoms with Gasteiger partial charge in [0.1, 0.15) is 5.92 Å². The number of carbonyl (C=O) groups excluding carboxylic acids is 1. The third-order valence-electron chi connectivity index (χ3n) is 3.80. The summed E-state index contributed by atoms with van der Waals surface area (Å²) in [7, 11) is 0. The van der Waals surface area contributed by atoms with Gasteiger partial charge in [-0.15, -0.1) is 0 Å². The van der Waals surface area contributed by atoms with Crippen LogP contribution in [-0.4, -0.2) is 21.9 Å². The Kier molecular flexibility index (Phi) is 4.25. The number of rotatable bonds is 5. The standard InChI is InChI=1S/C16H14ClN3O3/c17-11-4-6-13(7-5-11)19(10-12-3-1-2-8-18-12)16(21)14-9-15(14)20(22)23/h1-8,14-15H,9-10H2/t14-,15-/m1/s1. The van der Waals surface area contributed by atoms with Gasteiger partial charge in [-0.3, -0.25) is 19.9 Å². The van der Waals surface area contributed by atoms with Crippen molar-refractivity contribution in [2.24, 2.45) is 5.92 Å². The molecule has 1 amide bonds. The molecule has 0 saturated heterocycles. The molecule has 1 aliphatic rings. The molecule has 23 heavy (non-hydrogen) atoms. The average Bonchev–Trinajstić information content (AvgIpc) is 3.35. The first-order chi connectivity index (χ1) is 11.1. The maximum atomic E-state index is 12.7. The highest BCUT2D eigenvalue weighted by atomic mass is 35.5. The number of benzene rings is 1. The van der Waals surface area contributed by atoms with E-state index in [-0.39, 0.29) is 23.8 Å². The topological polar surface area (TPSA) is 76.3 Å². The lowest BCUT2D eigenvalue weighted by atomic mass is 10.2. The molecule has 0 aliphatic heterocycles. The third kappa shape index (κ3) is 3.48. The Morgan fingerprint density at radius 1 is 1.30 bits per heavy atom. The summed E-state index contributed by atoms with van der Waals surface area (Å²) in [6.07, 6.45) is 1.94. The molecule has 1 aromatic carbocycles. The van der Waals surface area contributed by atoms with Crippen LogP contribution in [0.25, 0.3) is 0 Å². The van der Waals surface area contributed by atoms with E-state index >= 15 is 0 Å². The molecule has 1 saturated carbocycles. The van der Waals surface area contributed by atoms with Crippen LogP contribution in [0.15, 0.2) is 48.7 Å². The Hall–Kier alpha value is -2.47. The molecule has 1 fully saturated rings. The molecule has 0 unspecified atom stereocenters. The van der Waals surface area contributed by atoms with Gasteiger partial charge in [-0.1, -0.05) is 17.7 Å². The maximum Gasteiger partial charge on any atom is 0.237 e. The third-order valence-corrected chi connectivity index (χ3v) is 4.05. The smallest absolute Gasteiger partial charge is 0.237 e. The molecule has 2 aromatic rings. The molecule has 6 nitrogen and oxygen atoms in total. The number of hydrogen-bond acceptors (Lipinski definition) is 4. The van der Waals surface area contributed by atoms with Gasteiger partial charge >= 0.3 is 0 Å². The van der Waals surface area contributed by atoms with Gasteiger partial charge in [-0.05, 0) is 36.4 Å². The maximum absolute atomic E-state index is 12.7. The summed E-state index contributed by atoms with van der Waals surface area (Å²) in [5.41, 5.74) is 1.37. The van der Waals surface area contributed by atoms with Crippen molar-refractivity contribution in [1.82, 2.24) is 4.98 Å². The van der Waals surface area contributed by atoms with Gasteiger partial charge in [-0.2, -0.15) is 0 Å². The van der Waals surface area contributed by atoms with Crippen LogP contribution < -0.4 is 4.90 Å². The fraction of sp³-hybridized carbons (Fsp3) is 0.250. The predicted octanol–water partition coefficient (Wildman–Crippen LogP) is 2.93. The Morgan fingerprint density at radius 2 is 2.04 bits per heavy atom. The van der Waals surface area contributed by atoms with Gasteiger partial charge in [0.25, 0.3) is 0 Å². The van der Waals surface area contributed by atoms with E-state index in [1.54, 1.807) is 36.5 Å². The SMILES string of the molecule is O=C([C@@H]1C[C@H]1[N+](=O)[O-])N(Cc1ccccn1)c1ccc(Cl)cc1. The van der Waals surface area contributed by atoms with Gasteiger partial charge < -0.3 is 4.90 Å². The number of amides is 1. The van der Waals surface area contributed by atoms with Crippen LogP contribution in [0.1, 0.15) is 12.1 Å². The first kappa shape index (κ1) is 15.4. The molecule has 1 heterocycles. The second kappa shape index (κ2) is 6.34. The van der Waals surface area contributed by atoms with Crippen molar-refractivity contribution >= 4 is 23.2 Å². The van der Waals surface area contributed by atoms with E-state index < -0.39 is 12.0 Å². The van der Waals surface area contributed by atoms with E-state index in [4.69, 9.17) is 11.6 Å². The van der Waals surface area contributed by atoms with Crippen molar-refractivity contribution in [2.75, 3.05) is 4.90 Å². The van der Waals surface area contributed by atoms with Gasteiger partial charge in [-0.25, -0.2) is 0 Å². The summed E-state index contributed by atoms with van der Waals surface area (Å²) in [4.78, 5) is 28.9. The Bertz CT molecular complexity index is 721. The minimum absolute atomic E-state index is 0.250. The Morgan fingerprint density at radius 3 is 2.61 bits per heavy atom. The number of nitrogens with zero attached hydrogens (tertiary/aromatic N) is 3. The molecule has 0 bridgehead atoms. The van der Waals surface area contributed by atoms with Crippen molar-refractivity contribution in [3.63, 3.8) is 0 Å². The minimum atomic E-state index is -0.777. The number of nitro groups is 1. The first-order valence-corrected chi connectivity index (χ1v) is 7.54. The fourth-order valence-corrected chi connectivity index (χ4v) is 2.58. The Balaban J connectivity index is 1.86. The van der Waals surface area contributed by atoms with Crippen molar-refractivity contribution in [1.29, 1.82) is 0 Å². The number of hydrogen-bond donors (Lipinski definition) is 0. The zero-order valence-corrected chi connectivity index (χ0v) is 12.9. The van der Waals surface area contributed by atoms with Crippen LogP contribution in [0.5, 0.6) is 0 Å². The van der Waals surface area contributed by atoms with Crippen molar-refractivity contribution in [3.05, 3.63) is 69.5 Å². The van der Waals surface area contributed by atoms with Crippen LogP contribution in [0.2, 0.25) is 5.02 Å². The van der Waals surface area contributed by atoms with Crippen molar-refractivity contribution in [3.8, 4) is 0 Å². The van der Waals surface area contributed by atoms with Gasteiger partial charge in [0.2, 0.25) is 11.9 Å². The molecular formula is C16H14ClN3O3. The number of carbonyl (C=O) groups is 1. The van der Waals surface area contributed by atoms with Gasteiger partial charge in [0.15, 0.2) is 0 Å². The molecule has 0 radical (unpaired) electrons. The summed E-state index contributed by atoms with van der Waals surface area (Å²) < 4.78 is 0. The molecule has 1 aliphatic carbocycles. The largest absolute Gasteiger partial charge is 0.306 e. The minimum Gasteiger partial charge on any atom is -0.306 e. The summed E-state index contributed by atoms with van der Waals surface area (Å²) in [5, 5.41) is 11.4. The summed E-state index contributed by atoms with van der Waals surface area (Å²) in [5.74, 6) is -0.816. The normalized spacial score (nSPS) is 19.2. The molecule has 1 aromatic heterocycles. The van der Waals surface area contributed by atoms with E-state index in [1.165, 1.54) is 4.90 Å². The van der Waals surface area contributed by atoms with Crippen molar-refractivity contribution < 1.29 is 9.72 Å². The van der Waals surface area contributed by atoms with E-state index in [0.717, 1.165) is 0 Å². The van der Waals surface area contributed by atoms with Crippen LogP contribution in [0.4, 0.5) is 5.69 Å². The molecule has 118 valence electrons. The lowest BCUT2D eigenvalue weighted by Gasteiger charge is -2.22. The quantitative estimate of drug-likeness (QED) is 0.623. The lowest BCUT2D eigenvalue weighted by Crippen LogP contribution is -2.33. The fourth-order valence-electron chi connectivity index (χ4n) is 2.45.